The third-order valence-corrected chi connectivity index (χ3v) is 3.77. The number of ether oxygens (including phenoxy) is 1. The van der Waals surface area contributed by atoms with Gasteiger partial charge in [-0.05, 0) is 13.0 Å². The number of halogens is 1. The van der Waals surface area contributed by atoms with Crippen molar-refractivity contribution >= 4 is 29.6 Å². The van der Waals surface area contributed by atoms with Crippen LogP contribution in [0, 0.1) is 6.92 Å². The number of hydrogen-bond donors (Lipinski definition) is 1. The molecule has 7 heteroatoms. The molecule has 0 unspecified atom stereocenters. The van der Waals surface area contributed by atoms with E-state index >= 15 is 0 Å². The summed E-state index contributed by atoms with van der Waals surface area (Å²) in [5, 5.41) is 4.87. The first kappa shape index (κ1) is 15.7. The molecule has 0 radical (unpaired) electrons. The van der Waals surface area contributed by atoms with Crippen LogP contribution in [0.2, 0.25) is 5.02 Å². The number of benzene rings is 1. The zero-order valence-corrected chi connectivity index (χ0v) is 13.6. The Hall–Kier alpha value is -2.18. The number of hydrazone groups is 1. The van der Waals surface area contributed by atoms with Crippen LogP contribution < -0.4 is 10.3 Å². The Morgan fingerprint density at radius 2 is 2.04 bits per heavy atom. The Kier molecular flexibility index (Phi) is 5.05. The average Bonchev–Trinajstić information content (AvgIpc) is 2.57. The third-order valence-electron chi connectivity index (χ3n) is 3.42. The van der Waals surface area contributed by atoms with Gasteiger partial charge in [-0.25, -0.2) is 4.98 Å². The highest BCUT2D eigenvalue weighted by molar-refractivity contribution is 6.33. The van der Waals surface area contributed by atoms with Gasteiger partial charge in [0.05, 0.1) is 19.4 Å². The van der Waals surface area contributed by atoms with Gasteiger partial charge in [0, 0.05) is 35.4 Å². The largest absolute Gasteiger partial charge is 0.378 e. The Morgan fingerprint density at radius 3 is 2.83 bits per heavy atom. The van der Waals surface area contributed by atoms with E-state index in [1.165, 1.54) is 0 Å². The van der Waals surface area contributed by atoms with Crippen molar-refractivity contribution in [3.8, 4) is 0 Å². The maximum absolute atomic E-state index is 6.09. The van der Waals surface area contributed by atoms with Gasteiger partial charge < -0.3 is 9.64 Å². The van der Waals surface area contributed by atoms with E-state index in [0.29, 0.717) is 30.0 Å². The monoisotopic (exact) mass is 331 g/mol. The SMILES string of the molecule is Cc1cc(NN=Cc2ccccc2Cl)nc(N2CCOCC2)n1. The molecule has 1 N–H and O–H groups in total. The number of nitrogens with one attached hydrogen (secondary N) is 1. The van der Waals surface area contributed by atoms with E-state index in [-0.39, 0.29) is 0 Å². The fourth-order valence-corrected chi connectivity index (χ4v) is 2.45. The maximum atomic E-state index is 6.09. The molecule has 3 rings (SSSR count). The summed E-state index contributed by atoms with van der Waals surface area (Å²) in [6.07, 6.45) is 1.67. The van der Waals surface area contributed by atoms with Gasteiger partial charge in [0.2, 0.25) is 5.95 Å². The van der Waals surface area contributed by atoms with Gasteiger partial charge in [-0.1, -0.05) is 29.8 Å². The minimum Gasteiger partial charge on any atom is -0.378 e. The van der Waals surface area contributed by atoms with Gasteiger partial charge in [-0.15, -0.1) is 0 Å². The van der Waals surface area contributed by atoms with Gasteiger partial charge in [-0.3, -0.25) is 5.43 Å². The minimum atomic E-state index is 0.655. The molecule has 1 fully saturated rings. The summed E-state index contributed by atoms with van der Waals surface area (Å²) in [7, 11) is 0. The molecule has 2 aromatic rings. The first-order valence-electron chi connectivity index (χ1n) is 7.44. The molecule has 0 spiro atoms. The summed E-state index contributed by atoms with van der Waals surface area (Å²) in [5.41, 5.74) is 4.68. The lowest BCUT2D eigenvalue weighted by atomic mass is 10.2. The molecule has 2 heterocycles. The normalized spacial score (nSPS) is 15.1. The molecular weight excluding hydrogens is 314 g/mol. The molecule has 1 aliphatic heterocycles. The van der Waals surface area contributed by atoms with Crippen molar-refractivity contribution in [2.75, 3.05) is 36.6 Å². The number of rotatable bonds is 4. The van der Waals surface area contributed by atoms with Crippen molar-refractivity contribution in [3.63, 3.8) is 0 Å². The first-order chi connectivity index (χ1) is 11.2. The maximum Gasteiger partial charge on any atom is 0.227 e. The fourth-order valence-electron chi connectivity index (χ4n) is 2.26. The lowest BCUT2D eigenvalue weighted by Crippen LogP contribution is -2.37. The van der Waals surface area contributed by atoms with Crippen molar-refractivity contribution in [3.05, 3.63) is 46.6 Å². The molecular formula is C16H18ClN5O. The highest BCUT2D eigenvalue weighted by Crippen LogP contribution is 2.16. The highest BCUT2D eigenvalue weighted by Gasteiger charge is 2.14. The van der Waals surface area contributed by atoms with Crippen molar-refractivity contribution in [1.29, 1.82) is 0 Å². The van der Waals surface area contributed by atoms with E-state index in [4.69, 9.17) is 16.3 Å². The molecule has 6 nitrogen and oxygen atoms in total. The number of aromatic nitrogens is 2. The Bertz CT molecular complexity index is 701. The summed E-state index contributed by atoms with van der Waals surface area (Å²) in [6, 6.07) is 9.38. The van der Waals surface area contributed by atoms with Crippen LogP contribution in [-0.4, -0.2) is 42.5 Å². The second-order valence-corrected chi connectivity index (χ2v) is 5.59. The van der Waals surface area contributed by atoms with Crippen LogP contribution in [0.5, 0.6) is 0 Å². The number of hydrogen-bond acceptors (Lipinski definition) is 6. The Balaban J connectivity index is 1.72. The second kappa shape index (κ2) is 7.39. The molecule has 120 valence electrons. The molecule has 0 aliphatic carbocycles. The predicted molar refractivity (Wildman–Crippen MR) is 92.5 cm³/mol. The van der Waals surface area contributed by atoms with Crippen molar-refractivity contribution in [1.82, 2.24) is 9.97 Å². The van der Waals surface area contributed by atoms with Crippen LogP contribution in [-0.2, 0) is 4.74 Å². The molecule has 1 aromatic heterocycles. The van der Waals surface area contributed by atoms with Crippen LogP contribution in [0.1, 0.15) is 11.3 Å². The van der Waals surface area contributed by atoms with E-state index in [0.717, 1.165) is 24.3 Å². The summed E-state index contributed by atoms with van der Waals surface area (Å²) >= 11 is 6.09. The highest BCUT2D eigenvalue weighted by atomic mass is 35.5. The molecule has 0 bridgehead atoms. The molecule has 1 aromatic carbocycles. The number of morpholine rings is 1. The standard InChI is InChI=1S/C16H18ClN5O/c1-12-10-15(20-16(19-12)22-6-8-23-9-7-22)21-18-11-13-4-2-3-5-14(13)17/h2-5,10-11H,6-9H2,1H3,(H,19,20,21). The topological polar surface area (TPSA) is 62.6 Å². The third kappa shape index (κ3) is 4.18. The zero-order chi connectivity index (χ0) is 16.1. The van der Waals surface area contributed by atoms with E-state index in [1.807, 2.05) is 37.3 Å². The van der Waals surface area contributed by atoms with E-state index in [9.17, 15) is 0 Å². The summed E-state index contributed by atoms with van der Waals surface area (Å²) in [6.45, 7) is 4.93. The van der Waals surface area contributed by atoms with Gasteiger partial charge in [0.15, 0.2) is 5.82 Å². The van der Waals surface area contributed by atoms with Crippen molar-refractivity contribution < 1.29 is 4.74 Å². The van der Waals surface area contributed by atoms with Gasteiger partial charge in [0.25, 0.3) is 0 Å². The van der Waals surface area contributed by atoms with E-state index < -0.39 is 0 Å². The lowest BCUT2D eigenvalue weighted by molar-refractivity contribution is 0.122. The summed E-state index contributed by atoms with van der Waals surface area (Å²) in [4.78, 5) is 11.1. The van der Waals surface area contributed by atoms with E-state index in [1.54, 1.807) is 6.21 Å². The molecule has 0 atom stereocenters. The van der Waals surface area contributed by atoms with Crippen LogP contribution in [0.15, 0.2) is 35.4 Å². The second-order valence-electron chi connectivity index (χ2n) is 5.19. The number of nitrogens with zero attached hydrogens (tertiary/aromatic N) is 4. The number of aryl methyl sites for hydroxylation is 1. The van der Waals surface area contributed by atoms with Gasteiger partial charge in [-0.2, -0.15) is 10.1 Å². The molecule has 0 amide bonds. The summed E-state index contributed by atoms with van der Waals surface area (Å²) < 4.78 is 5.36. The average molecular weight is 332 g/mol. The predicted octanol–water partition coefficient (Wildman–Crippen LogP) is 2.72. The molecule has 23 heavy (non-hydrogen) atoms. The lowest BCUT2D eigenvalue weighted by Gasteiger charge is -2.27. The Labute approximate surface area is 140 Å². The van der Waals surface area contributed by atoms with Gasteiger partial charge in [0.1, 0.15) is 0 Å². The smallest absolute Gasteiger partial charge is 0.227 e. The van der Waals surface area contributed by atoms with Crippen molar-refractivity contribution in [2.45, 2.75) is 6.92 Å². The first-order valence-corrected chi connectivity index (χ1v) is 7.82. The van der Waals surface area contributed by atoms with Crippen LogP contribution in [0.3, 0.4) is 0 Å². The zero-order valence-electron chi connectivity index (χ0n) is 12.9. The quantitative estimate of drug-likeness (QED) is 0.689. The van der Waals surface area contributed by atoms with Crippen molar-refractivity contribution in [2.24, 2.45) is 5.10 Å². The molecule has 1 saturated heterocycles. The van der Waals surface area contributed by atoms with Gasteiger partial charge >= 0.3 is 0 Å². The van der Waals surface area contributed by atoms with Crippen LogP contribution in [0.4, 0.5) is 11.8 Å². The van der Waals surface area contributed by atoms with Crippen LogP contribution in [0.25, 0.3) is 0 Å². The summed E-state index contributed by atoms with van der Waals surface area (Å²) in [5.74, 6) is 1.35. The molecule has 0 saturated carbocycles. The fraction of sp³-hybridized carbons (Fsp3) is 0.312. The van der Waals surface area contributed by atoms with Crippen LogP contribution >= 0.6 is 11.6 Å². The molecule has 1 aliphatic rings. The Morgan fingerprint density at radius 1 is 1.26 bits per heavy atom. The minimum absolute atomic E-state index is 0.655. The number of anilines is 2. The van der Waals surface area contributed by atoms with E-state index in [2.05, 4.69) is 25.4 Å².